The molecule has 0 bridgehead atoms. The van der Waals surface area contributed by atoms with E-state index in [1.54, 1.807) is 12.4 Å². The van der Waals surface area contributed by atoms with Crippen LogP contribution in [0, 0.1) is 13.8 Å². The summed E-state index contributed by atoms with van der Waals surface area (Å²) in [6, 6.07) is 10.0. The lowest BCUT2D eigenvalue weighted by atomic mass is 9.98. The molecule has 0 amide bonds. The number of nitrogen functional groups attached to an aromatic ring is 1. The molecular weight excluding hydrogens is 250 g/mol. The third-order valence-corrected chi connectivity index (χ3v) is 3.27. The largest absolute Gasteiger partial charge is 0.380 e. The monoisotopic (exact) mass is 265 g/mol. The number of nitrogens with zero attached hydrogens (tertiary/aromatic N) is 2. The van der Waals surface area contributed by atoms with Gasteiger partial charge in [-0.2, -0.15) is 0 Å². The predicted molar refractivity (Wildman–Crippen MR) is 79.1 cm³/mol. The summed E-state index contributed by atoms with van der Waals surface area (Å²) in [4.78, 5) is 4.20. The molecule has 0 aliphatic heterocycles. The molecule has 2 N–H and O–H groups in total. The van der Waals surface area contributed by atoms with E-state index in [4.69, 9.17) is 10.3 Å². The number of rotatable bonds is 2. The van der Waals surface area contributed by atoms with Crippen LogP contribution in [0.2, 0.25) is 0 Å². The number of aryl methyl sites for hydroxylation is 2. The molecule has 0 radical (unpaired) electrons. The molecular formula is C16H15N3O. The first-order valence-electron chi connectivity index (χ1n) is 6.40. The predicted octanol–water partition coefficient (Wildman–Crippen LogP) is 3.60. The van der Waals surface area contributed by atoms with Crippen molar-refractivity contribution in [1.82, 2.24) is 10.1 Å². The first-order valence-corrected chi connectivity index (χ1v) is 6.40. The highest BCUT2D eigenvalue weighted by molar-refractivity contribution is 5.87. The van der Waals surface area contributed by atoms with Crippen LogP contribution in [0.3, 0.4) is 0 Å². The Labute approximate surface area is 117 Å². The van der Waals surface area contributed by atoms with Crippen molar-refractivity contribution in [2.45, 2.75) is 13.8 Å². The van der Waals surface area contributed by atoms with Gasteiger partial charge >= 0.3 is 0 Å². The molecule has 100 valence electrons. The van der Waals surface area contributed by atoms with E-state index >= 15 is 0 Å². The summed E-state index contributed by atoms with van der Waals surface area (Å²) in [6.45, 7) is 4.03. The molecule has 0 atom stereocenters. The van der Waals surface area contributed by atoms with Gasteiger partial charge in [-0.05, 0) is 36.6 Å². The van der Waals surface area contributed by atoms with E-state index in [9.17, 15) is 0 Å². The first kappa shape index (κ1) is 12.4. The van der Waals surface area contributed by atoms with Gasteiger partial charge in [0.25, 0.3) is 0 Å². The maximum Gasteiger partial charge on any atom is 0.178 e. The van der Waals surface area contributed by atoms with E-state index in [1.807, 2.05) is 44.2 Å². The normalized spacial score (nSPS) is 10.7. The van der Waals surface area contributed by atoms with Gasteiger partial charge in [-0.15, -0.1) is 0 Å². The van der Waals surface area contributed by atoms with Crippen LogP contribution in [0.25, 0.3) is 22.5 Å². The second-order valence-electron chi connectivity index (χ2n) is 4.84. The SMILES string of the molecule is Cc1cncc(-c2onc(N)c2-c2ccccc2C)c1. The zero-order chi connectivity index (χ0) is 14.1. The lowest BCUT2D eigenvalue weighted by molar-refractivity contribution is 0.436. The molecule has 0 fully saturated rings. The molecule has 20 heavy (non-hydrogen) atoms. The fourth-order valence-corrected chi connectivity index (χ4v) is 2.29. The Morgan fingerprint density at radius 3 is 2.65 bits per heavy atom. The van der Waals surface area contributed by atoms with Crippen molar-refractivity contribution >= 4 is 5.82 Å². The molecule has 0 aliphatic rings. The molecule has 0 saturated heterocycles. The standard InChI is InChI=1S/C16H15N3O/c1-10-7-12(9-18-8-10)15-14(16(17)19-20-15)13-6-4-3-5-11(13)2/h3-9H,1-2H3,(H2,17,19). The van der Waals surface area contributed by atoms with Crippen LogP contribution in [0.4, 0.5) is 5.82 Å². The fraction of sp³-hybridized carbons (Fsp3) is 0.125. The number of pyridine rings is 1. The van der Waals surface area contributed by atoms with E-state index in [-0.39, 0.29) is 0 Å². The number of nitrogens with two attached hydrogens (primary N) is 1. The Balaban J connectivity index is 2.23. The molecule has 0 saturated carbocycles. The van der Waals surface area contributed by atoms with Gasteiger partial charge in [0.15, 0.2) is 11.6 Å². The van der Waals surface area contributed by atoms with Crippen LogP contribution < -0.4 is 5.73 Å². The minimum atomic E-state index is 0.399. The topological polar surface area (TPSA) is 64.9 Å². The zero-order valence-corrected chi connectivity index (χ0v) is 11.4. The lowest BCUT2D eigenvalue weighted by Crippen LogP contribution is -1.91. The summed E-state index contributed by atoms with van der Waals surface area (Å²) in [6.07, 6.45) is 3.56. The zero-order valence-electron chi connectivity index (χ0n) is 11.4. The second-order valence-corrected chi connectivity index (χ2v) is 4.84. The van der Waals surface area contributed by atoms with Gasteiger partial charge in [0.05, 0.1) is 5.56 Å². The average Bonchev–Trinajstić information content (AvgIpc) is 2.81. The Morgan fingerprint density at radius 2 is 1.90 bits per heavy atom. The Bertz CT molecular complexity index is 762. The Morgan fingerprint density at radius 1 is 1.10 bits per heavy atom. The first-order chi connectivity index (χ1) is 9.66. The van der Waals surface area contributed by atoms with Crippen molar-refractivity contribution in [3.8, 4) is 22.5 Å². The number of hydrogen-bond donors (Lipinski definition) is 1. The van der Waals surface area contributed by atoms with Crippen LogP contribution in [0.5, 0.6) is 0 Å². The third kappa shape index (κ3) is 2.05. The van der Waals surface area contributed by atoms with E-state index in [0.717, 1.165) is 27.8 Å². The quantitative estimate of drug-likeness (QED) is 0.768. The average molecular weight is 265 g/mol. The summed E-state index contributed by atoms with van der Waals surface area (Å²) in [5.74, 6) is 1.06. The van der Waals surface area contributed by atoms with Gasteiger partial charge in [-0.3, -0.25) is 4.98 Å². The van der Waals surface area contributed by atoms with Gasteiger partial charge in [-0.25, -0.2) is 0 Å². The third-order valence-electron chi connectivity index (χ3n) is 3.27. The Kier molecular flexibility index (Phi) is 2.99. The van der Waals surface area contributed by atoms with Crippen LogP contribution in [-0.2, 0) is 0 Å². The van der Waals surface area contributed by atoms with Gasteiger partial charge in [0.1, 0.15) is 0 Å². The molecule has 3 rings (SSSR count). The number of hydrogen-bond acceptors (Lipinski definition) is 4. The highest BCUT2D eigenvalue weighted by atomic mass is 16.5. The smallest absolute Gasteiger partial charge is 0.178 e. The lowest BCUT2D eigenvalue weighted by Gasteiger charge is -2.06. The van der Waals surface area contributed by atoms with Crippen molar-refractivity contribution < 1.29 is 4.52 Å². The molecule has 0 aliphatic carbocycles. The molecule has 3 aromatic rings. The van der Waals surface area contributed by atoms with E-state index in [1.165, 1.54) is 0 Å². The van der Waals surface area contributed by atoms with Gasteiger partial charge in [0.2, 0.25) is 0 Å². The van der Waals surface area contributed by atoms with Gasteiger partial charge in [-0.1, -0.05) is 29.4 Å². The highest BCUT2D eigenvalue weighted by Gasteiger charge is 2.19. The van der Waals surface area contributed by atoms with Gasteiger partial charge < -0.3 is 10.3 Å². The molecule has 0 spiro atoms. The number of benzene rings is 1. The summed E-state index contributed by atoms with van der Waals surface area (Å²) >= 11 is 0. The molecule has 4 nitrogen and oxygen atoms in total. The maximum atomic E-state index is 5.99. The molecule has 0 unspecified atom stereocenters. The maximum absolute atomic E-state index is 5.99. The Hall–Kier alpha value is -2.62. The van der Waals surface area contributed by atoms with Crippen molar-refractivity contribution in [3.05, 3.63) is 53.9 Å². The van der Waals surface area contributed by atoms with Crippen LogP contribution >= 0.6 is 0 Å². The summed E-state index contributed by atoms with van der Waals surface area (Å²) in [7, 11) is 0. The molecule has 1 aromatic carbocycles. The summed E-state index contributed by atoms with van der Waals surface area (Å²) < 4.78 is 5.43. The minimum Gasteiger partial charge on any atom is -0.380 e. The van der Waals surface area contributed by atoms with Crippen molar-refractivity contribution in [1.29, 1.82) is 0 Å². The highest BCUT2D eigenvalue weighted by Crippen LogP contribution is 2.37. The molecule has 4 heteroatoms. The molecule has 2 heterocycles. The van der Waals surface area contributed by atoms with Crippen LogP contribution in [0.1, 0.15) is 11.1 Å². The van der Waals surface area contributed by atoms with E-state index < -0.39 is 0 Å². The minimum absolute atomic E-state index is 0.399. The van der Waals surface area contributed by atoms with Crippen LogP contribution in [-0.4, -0.2) is 10.1 Å². The van der Waals surface area contributed by atoms with E-state index in [2.05, 4.69) is 10.1 Å². The fourth-order valence-electron chi connectivity index (χ4n) is 2.29. The number of anilines is 1. The van der Waals surface area contributed by atoms with Crippen molar-refractivity contribution in [3.63, 3.8) is 0 Å². The summed E-state index contributed by atoms with van der Waals surface area (Å²) in [5, 5.41) is 3.92. The van der Waals surface area contributed by atoms with E-state index in [0.29, 0.717) is 11.6 Å². The van der Waals surface area contributed by atoms with Crippen molar-refractivity contribution in [2.75, 3.05) is 5.73 Å². The van der Waals surface area contributed by atoms with Crippen LogP contribution in [0.15, 0.2) is 47.2 Å². The summed E-state index contributed by atoms with van der Waals surface area (Å²) in [5.41, 5.74) is 10.9. The second kappa shape index (κ2) is 4.81. The molecule has 2 aromatic heterocycles. The number of aromatic nitrogens is 2. The van der Waals surface area contributed by atoms with Crippen molar-refractivity contribution in [2.24, 2.45) is 0 Å². The van der Waals surface area contributed by atoms with Gasteiger partial charge in [0, 0.05) is 18.0 Å².